The fourth-order valence-corrected chi connectivity index (χ4v) is 2.74. The van der Waals surface area contributed by atoms with E-state index in [1.807, 2.05) is 36.3 Å². The number of thioether (sulfide) groups is 1. The van der Waals surface area contributed by atoms with Crippen LogP contribution in [0.2, 0.25) is 0 Å². The van der Waals surface area contributed by atoms with Crippen molar-refractivity contribution in [2.75, 3.05) is 7.05 Å². The first kappa shape index (κ1) is 12.0. The summed E-state index contributed by atoms with van der Waals surface area (Å²) in [4.78, 5) is 5.74. The molecule has 1 aromatic heterocycles. The van der Waals surface area contributed by atoms with Crippen LogP contribution in [0.1, 0.15) is 36.7 Å². The smallest absolute Gasteiger partial charge is 0.103 e. The van der Waals surface area contributed by atoms with E-state index in [-0.39, 0.29) is 0 Å². The van der Waals surface area contributed by atoms with E-state index >= 15 is 0 Å². The summed E-state index contributed by atoms with van der Waals surface area (Å²) < 4.78 is 0. The lowest BCUT2D eigenvalue weighted by Gasteiger charge is -2.05. The summed E-state index contributed by atoms with van der Waals surface area (Å²) in [5.74, 6) is 1.04. The van der Waals surface area contributed by atoms with Crippen LogP contribution < -0.4 is 5.32 Å². The predicted octanol–water partition coefficient (Wildman–Crippen LogP) is 3.07. The Morgan fingerprint density at radius 3 is 2.79 bits per heavy atom. The number of hydrogen-bond acceptors (Lipinski definition) is 4. The molecule has 0 aromatic carbocycles. The van der Waals surface area contributed by atoms with Gasteiger partial charge in [0, 0.05) is 22.9 Å². The van der Waals surface area contributed by atoms with Gasteiger partial charge in [0.05, 0.1) is 0 Å². The third kappa shape index (κ3) is 3.59. The minimum atomic E-state index is 0.422. The zero-order valence-corrected chi connectivity index (χ0v) is 10.8. The summed E-state index contributed by atoms with van der Waals surface area (Å²) in [6.45, 7) is 6.59. The molecule has 1 atom stereocenters. The first-order valence-electron chi connectivity index (χ1n) is 4.87. The zero-order chi connectivity index (χ0) is 10.6. The molecule has 0 saturated carbocycles. The molecule has 0 aliphatic rings. The van der Waals surface area contributed by atoms with E-state index in [0.717, 1.165) is 5.75 Å². The van der Waals surface area contributed by atoms with Crippen LogP contribution in [0, 0.1) is 0 Å². The molecule has 0 saturated heterocycles. The Morgan fingerprint density at radius 1 is 1.50 bits per heavy atom. The molecular weight excluding hydrogens is 212 g/mol. The molecule has 14 heavy (non-hydrogen) atoms. The molecule has 1 heterocycles. The van der Waals surface area contributed by atoms with Gasteiger partial charge in [-0.2, -0.15) is 11.8 Å². The maximum Gasteiger partial charge on any atom is 0.103 e. The van der Waals surface area contributed by atoms with Crippen molar-refractivity contribution >= 4 is 23.1 Å². The largest absolute Gasteiger partial charge is 0.312 e. The summed E-state index contributed by atoms with van der Waals surface area (Å²) in [7, 11) is 1.98. The van der Waals surface area contributed by atoms with Crippen LogP contribution >= 0.6 is 23.1 Å². The van der Waals surface area contributed by atoms with Gasteiger partial charge < -0.3 is 5.32 Å². The van der Waals surface area contributed by atoms with Gasteiger partial charge in [0.15, 0.2) is 0 Å². The van der Waals surface area contributed by atoms with Crippen molar-refractivity contribution in [1.82, 2.24) is 10.3 Å². The molecule has 4 heteroatoms. The van der Waals surface area contributed by atoms with Gasteiger partial charge in [-0.15, -0.1) is 11.3 Å². The molecule has 1 aromatic rings. The molecule has 0 aliphatic carbocycles. The molecule has 80 valence electrons. The van der Waals surface area contributed by atoms with Crippen LogP contribution in [-0.2, 0) is 5.75 Å². The van der Waals surface area contributed by atoms with Crippen molar-refractivity contribution in [1.29, 1.82) is 0 Å². The Labute approximate surface area is 94.5 Å². The monoisotopic (exact) mass is 230 g/mol. The predicted molar refractivity (Wildman–Crippen MR) is 66.0 cm³/mol. The number of thiazole rings is 1. The maximum absolute atomic E-state index is 4.41. The van der Waals surface area contributed by atoms with Gasteiger partial charge >= 0.3 is 0 Å². The summed E-state index contributed by atoms with van der Waals surface area (Å²) in [6, 6.07) is 0.422. The average Bonchev–Trinajstić information content (AvgIpc) is 2.62. The third-order valence-electron chi connectivity index (χ3n) is 1.97. The molecule has 0 bridgehead atoms. The molecule has 1 rings (SSSR count). The molecule has 1 N–H and O–H groups in total. The van der Waals surface area contributed by atoms with Crippen molar-refractivity contribution in [2.45, 2.75) is 37.8 Å². The van der Waals surface area contributed by atoms with Gasteiger partial charge in [0.2, 0.25) is 0 Å². The zero-order valence-electron chi connectivity index (χ0n) is 9.20. The van der Waals surface area contributed by atoms with Gasteiger partial charge in [0.25, 0.3) is 0 Å². The minimum absolute atomic E-state index is 0.422. The van der Waals surface area contributed by atoms with E-state index in [4.69, 9.17) is 0 Å². The molecule has 0 spiro atoms. The number of nitrogens with one attached hydrogen (secondary N) is 1. The molecule has 0 radical (unpaired) electrons. The van der Waals surface area contributed by atoms with E-state index in [2.05, 4.69) is 31.1 Å². The highest BCUT2D eigenvalue weighted by Crippen LogP contribution is 2.24. The van der Waals surface area contributed by atoms with Crippen LogP contribution in [0.15, 0.2) is 6.20 Å². The maximum atomic E-state index is 4.41. The SMILES string of the molecule is CNC(C)c1cnc(CSC(C)C)s1. The topological polar surface area (TPSA) is 24.9 Å². The Morgan fingerprint density at radius 2 is 2.21 bits per heavy atom. The quantitative estimate of drug-likeness (QED) is 0.841. The van der Waals surface area contributed by atoms with Crippen molar-refractivity contribution in [3.05, 3.63) is 16.1 Å². The highest BCUT2D eigenvalue weighted by atomic mass is 32.2. The van der Waals surface area contributed by atoms with Crippen molar-refractivity contribution in [2.24, 2.45) is 0 Å². The molecule has 0 amide bonds. The van der Waals surface area contributed by atoms with E-state index in [9.17, 15) is 0 Å². The molecule has 2 nitrogen and oxygen atoms in total. The van der Waals surface area contributed by atoms with Crippen LogP contribution in [0.5, 0.6) is 0 Å². The van der Waals surface area contributed by atoms with E-state index in [0.29, 0.717) is 11.3 Å². The van der Waals surface area contributed by atoms with E-state index in [1.54, 1.807) is 0 Å². The third-order valence-corrected chi connectivity index (χ3v) is 4.44. The molecular formula is C10H18N2S2. The van der Waals surface area contributed by atoms with Crippen molar-refractivity contribution in [3.63, 3.8) is 0 Å². The lowest BCUT2D eigenvalue weighted by molar-refractivity contribution is 0.662. The number of nitrogens with zero attached hydrogens (tertiary/aromatic N) is 1. The van der Waals surface area contributed by atoms with E-state index < -0.39 is 0 Å². The van der Waals surface area contributed by atoms with Crippen LogP contribution in [0.25, 0.3) is 0 Å². The second-order valence-corrected chi connectivity index (χ2v) is 6.24. The first-order chi connectivity index (χ1) is 6.63. The summed E-state index contributed by atoms with van der Waals surface area (Å²) >= 11 is 3.76. The second kappa shape index (κ2) is 5.73. The van der Waals surface area contributed by atoms with Gasteiger partial charge in [-0.05, 0) is 19.2 Å². The Hall–Kier alpha value is -0.0600. The molecule has 0 aliphatic heterocycles. The fraction of sp³-hybridized carbons (Fsp3) is 0.700. The number of aromatic nitrogens is 1. The Bertz CT molecular complexity index is 271. The van der Waals surface area contributed by atoms with Crippen LogP contribution in [0.3, 0.4) is 0 Å². The van der Waals surface area contributed by atoms with Gasteiger partial charge in [0.1, 0.15) is 5.01 Å². The van der Waals surface area contributed by atoms with Gasteiger partial charge in [-0.1, -0.05) is 13.8 Å². The summed E-state index contributed by atoms with van der Waals surface area (Å²) in [5.41, 5.74) is 0. The summed E-state index contributed by atoms with van der Waals surface area (Å²) in [6.07, 6.45) is 1.99. The molecule has 1 unspecified atom stereocenters. The van der Waals surface area contributed by atoms with Crippen molar-refractivity contribution < 1.29 is 0 Å². The highest BCUT2D eigenvalue weighted by molar-refractivity contribution is 7.99. The summed E-state index contributed by atoms with van der Waals surface area (Å²) in [5, 5.41) is 5.14. The molecule has 0 fully saturated rings. The van der Waals surface area contributed by atoms with Gasteiger partial charge in [-0.3, -0.25) is 0 Å². The Balaban J connectivity index is 2.50. The highest BCUT2D eigenvalue weighted by Gasteiger charge is 2.08. The van der Waals surface area contributed by atoms with E-state index in [1.165, 1.54) is 9.88 Å². The number of hydrogen-bond donors (Lipinski definition) is 1. The normalized spacial score (nSPS) is 13.5. The standard InChI is InChI=1S/C10H18N2S2/c1-7(2)13-6-10-12-5-9(14-10)8(3)11-4/h5,7-8,11H,6H2,1-4H3. The second-order valence-electron chi connectivity index (χ2n) is 3.53. The lowest BCUT2D eigenvalue weighted by atomic mass is 10.3. The average molecular weight is 230 g/mol. The number of rotatable bonds is 5. The fourth-order valence-electron chi connectivity index (χ4n) is 0.971. The van der Waals surface area contributed by atoms with Crippen LogP contribution in [0.4, 0.5) is 0 Å². The minimum Gasteiger partial charge on any atom is -0.312 e. The first-order valence-corrected chi connectivity index (χ1v) is 6.73. The lowest BCUT2D eigenvalue weighted by Crippen LogP contribution is -2.10. The van der Waals surface area contributed by atoms with Gasteiger partial charge in [-0.25, -0.2) is 4.98 Å². The van der Waals surface area contributed by atoms with Crippen molar-refractivity contribution in [3.8, 4) is 0 Å². The van der Waals surface area contributed by atoms with Crippen LogP contribution in [-0.4, -0.2) is 17.3 Å². The Kier molecular flexibility index (Phi) is 4.92.